The Morgan fingerprint density at radius 3 is 3.06 bits per heavy atom. The van der Waals surface area contributed by atoms with Crippen molar-refractivity contribution < 1.29 is 4.39 Å². The van der Waals surface area contributed by atoms with Gasteiger partial charge in [0.05, 0.1) is 5.69 Å². The van der Waals surface area contributed by atoms with Gasteiger partial charge in [0.2, 0.25) is 0 Å². The Kier molecular flexibility index (Phi) is 2.99. The Morgan fingerprint density at radius 2 is 2.22 bits per heavy atom. The highest BCUT2D eigenvalue weighted by Gasteiger charge is 2.19. The molecule has 0 saturated carbocycles. The summed E-state index contributed by atoms with van der Waals surface area (Å²) in [6, 6.07) is 4.32. The van der Waals surface area contributed by atoms with Gasteiger partial charge < -0.3 is 4.98 Å². The zero-order chi connectivity index (χ0) is 12.7. The number of rotatable bonds is 1. The van der Waals surface area contributed by atoms with Gasteiger partial charge in [-0.2, -0.15) is 11.8 Å². The zero-order valence-corrected chi connectivity index (χ0v) is 11.6. The van der Waals surface area contributed by atoms with Gasteiger partial charge in [0.25, 0.3) is 5.56 Å². The summed E-state index contributed by atoms with van der Waals surface area (Å²) in [7, 11) is 0. The van der Waals surface area contributed by atoms with Crippen LogP contribution in [0.25, 0.3) is 11.4 Å². The Labute approximate surface area is 115 Å². The maximum absolute atomic E-state index is 13.3. The highest BCUT2D eigenvalue weighted by molar-refractivity contribution is 9.10. The highest BCUT2D eigenvalue weighted by atomic mass is 79.9. The molecule has 0 atom stereocenters. The largest absolute Gasteiger partial charge is 0.306 e. The lowest BCUT2D eigenvalue weighted by molar-refractivity contribution is 0.628. The van der Waals surface area contributed by atoms with Gasteiger partial charge in [-0.25, -0.2) is 9.37 Å². The molecule has 1 aliphatic rings. The lowest BCUT2D eigenvalue weighted by atomic mass is 10.2. The van der Waals surface area contributed by atoms with E-state index in [1.165, 1.54) is 12.1 Å². The smallest absolute Gasteiger partial charge is 0.255 e. The minimum Gasteiger partial charge on any atom is -0.306 e. The van der Waals surface area contributed by atoms with Crippen LogP contribution in [0.3, 0.4) is 0 Å². The van der Waals surface area contributed by atoms with Crippen molar-refractivity contribution in [1.29, 1.82) is 0 Å². The first-order valence-corrected chi connectivity index (χ1v) is 7.25. The molecule has 0 radical (unpaired) electrons. The van der Waals surface area contributed by atoms with Gasteiger partial charge in [0, 0.05) is 27.1 Å². The van der Waals surface area contributed by atoms with Crippen LogP contribution in [0.15, 0.2) is 27.5 Å². The summed E-state index contributed by atoms with van der Waals surface area (Å²) in [5, 5.41) is 0. The summed E-state index contributed by atoms with van der Waals surface area (Å²) in [4.78, 5) is 19.0. The second kappa shape index (κ2) is 4.51. The summed E-state index contributed by atoms with van der Waals surface area (Å²) < 4.78 is 14.0. The van der Waals surface area contributed by atoms with Gasteiger partial charge in [-0.3, -0.25) is 4.79 Å². The Balaban J connectivity index is 2.21. The molecule has 1 N–H and O–H groups in total. The molecule has 18 heavy (non-hydrogen) atoms. The van der Waals surface area contributed by atoms with E-state index in [9.17, 15) is 9.18 Å². The van der Waals surface area contributed by atoms with E-state index in [1.54, 1.807) is 17.8 Å². The van der Waals surface area contributed by atoms with Crippen LogP contribution in [0.5, 0.6) is 0 Å². The Hall–Kier alpha value is -1.14. The maximum Gasteiger partial charge on any atom is 0.255 e. The minimum atomic E-state index is -0.356. The molecule has 2 heterocycles. The zero-order valence-electron chi connectivity index (χ0n) is 9.17. The van der Waals surface area contributed by atoms with Crippen molar-refractivity contribution in [2.75, 3.05) is 0 Å². The van der Waals surface area contributed by atoms with Gasteiger partial charge in [-0.05, 0) is 18.2 Å². The van der Waals surface area contributed by atoms with Crippen molar-refractivity contribution in [3.05, 3.63) is 50.1 Å². The number of hydrogen-bond donors (Lipinski definition) is 1. The van der Waals surface area contributed by atoms with Crippen LogP contribution in [0, 0.1) is 5.82 Å². The number of halogens is 2. The number of nitrogens with zero attached hydrogens (tertiary/aromatic N) is 1. The van der Waals surface area contributed by atoms with Crippen molar-refractivity contribution in [2.45, 2.75) is 11.5 Å². The third kappa shape index (κ3) is 1.99. The monoisotopic (exact) mass is 326 g/mol. The molecule has 92 valence electrons. The summed E-state index contributed by atoms with van der Waals surface area (Å²) in [5.41, 5.74) is 1.97. The van der Waals surface area contributed by atoms with E-state index < -0.39 is 0 Å². The Bertz CT molecular complexity index is 686. The van der Waals surface area contributed by atoms with E-state index in [-0.39, 0.29) is 11.4 Å². The topological polar surface area (TPSA) is 45.8 Å². The molecule has 3 nitrogen and oxygen atoms in total. The summed E-state index contributed by atoms with van der Waals surface area (Å²) in [6.07, 6.45) is 0. The van der Waals surface area contributed by atoms with Crippen molar-refractivity contribution >= 4 is 27.7 Å². The molecule has 0 amide bonds. The SMILES string of the molecule is O=c1[nH]c(-c2cc(F)ccc2Br)nc2c1CSC2. The molecule has 0 unspecified atom stereocenters. The molecule has 0 bridgehead atoms. The van der Waals surface area contributed by atoms with Crippen molar-refractivity contribution in [1.82, 2.24) is 9.97 Å². The van der Waals surface area contributed by atoms with Crippen LogP contribution >= 0.6 is 27.7 Å². The molecule has 3 rings (SSSR count). The number of aromatic amines is 1. The van der Waals surface area contributed by atoms with Gasteiger partial charge in [-0.15, -0.1) is 0 Å². The molecular weight excluding hydrogens is 319 g/mol. The fourth-order valence-corrected chi connectivity index (χ4v) is 3.34. The predicted molar refractivity (Wildman–Crippen MR) is 73.0 cm³/mol. The van der Waals surface area contributed by atoms with E-state index in [4.69, 9.17) is 0 Å². The lowest BCUT2D eigenvalue weighted by Gasteiger charge is -2.06. The quantitative estimate of drug-likeness (QED) is 0.875. The molecule has 2 aromatic rings. The molecule has 0 aliphatic carbocycles. The van der Waals surface area contributed by atoms with E-state index in [0.29, 0.717) is 21.6 Å². The third-order valence-corrected chi connectivity index (χ3v) is 4.43. The molecule has 0 fully saturated rings. The van der Waals surface area contributed by atoms with Crippen LogP contribution < -0.4 is 5.56 Å². The van der Waals surface area contributed by atoms with Crippen LogP contribution in [-0.2, 0) is 11.5 Å². The number of nitrogens with one attached hydrogen (secondary N) is 1. The third-order valence-electron chi connectivity index (χ3n) is 2.77. The molecule has 1 aromatic carbocycles. The number of aromatic nitrogens is 2. The summed E-state index contributed by atoms with van der Waals surface area (Å²) in [5.74, 6) is 1.49. The molecule has 1 aliphatic heterocycles. The summed E-state index contributed by atoms with van der Waals surface area (Å²) in [6.45, 7) is 0. The standard InChI is InChI=1S/C12H8BrFN2OS/c13-9-2-1-6(14)3-7(9)11-15-10-5-18-4-8(10)12(17)16-11/h1-3H,4-5H2,(H,15,16,17). The van der Waals surface area contributed by atoms with E-state index >= 15 is 0 Å². The fraction of sp³-hybridized carbons (Fsp3) is 0.167. The van der Waals surface area contributed by atoms with E-state index in [2.05, 4.69) is 25.9 Å². The minimum absolute atomic E-state index is 0.129. The van der Waals surface area contributed by atoms with Gasteiger partial charge >= 0.3 is 0 Å². The maximum atomic E-state index is 13.3. The first-order chi connectivity index (χ1) is 8.65. The number of benzene rings is 1. The first-order valence-electron chi connectivity index (χ1n) is 5.30. The first kappa shape index (κ1) is 11.9. The van der Waals surface area contributed by atoms with E-state index in [1.807, 2.05) is 0 Å². The van der Waals surface area contributed by atoms with E-state index in [0.717, 1.165) is 17.0 Å². The lowest BCUT2D eigenvalue weighted by Crippen LogP contribution is -2.15. The number of thioether (sulfide) groups is 1. The number of fused-ring (bicyclic) bond motifs is 1. The average Bonchev–Trinajstić information content (AvgIpc) is 2.81. The average molecular weight is 327 g/mol. The van der Waals surface area contributed by atoms with Crippen LogP contribution in [-0.4, -0.2) is 9.97 Å². The van der Waals surface area contributed by atoms with Crippen molar-refractivity contribution in [3.63, 3.8) is 0 Å². The second-order valence-electron chi connectivity index (χ2n) is 3.96. The highest BCUT2D eigenvalue weighted by Crippen LogP contribution is 2.30. The predicted octanol–water partition coefficient (Wildman–Crippen LogP) is 3.09. The molecule has 0 saturated heterocycles. The number of H-pyrrole nitrogens is 1. The normalized spacial score (nSPS) is 13.7. The molecule has 6 heteroatoms. The van der Waals surface area contributed by atoms with Crippen LogP contribution in [0.4, 0.5) is 4.39 Å². The van der Waals surface area contributed by atoms with Gasteiger partial charge in [-0.1, -0.05) is 15.9 Å². The second-order valence-corrected chi connectivity index (χ2v) is 5.80. The summed E-state index contributed by atoms with van der Waals surface area (Å²) >= 11 is 5.00. The Morgan fingerprint density at radius 1 is 1.39 bits per heavy atom. The van der Waals surface area contributed by atoms with Crippen molar-refractivity contribution in [2.24, 2.45) is 0 Å². The molecule has 0 spiro atoms. The fourth-order valence-electron chi connectivity index (χ4n) is 1.87. The van der Waals surface area contributed by atoms with Crippen LogP contribution in [0.1, 0.15) is 11.3 Å². The molecule has 1 aromatic heterocycles. The van der Waals surface area contributed by atoms with Crippen LogP contribution in [0.2, 0.25) is 0 Å². The van der Waals surface area contributed by atoms with Crippen molar-refractivity contribution in [3.8, 4) is 11.4 Å². The van der Waals surface area contributed by atoms with Gasteiger partial charge in [0.15, 0.2) is 0 Å². The molecular formula is C12H8BrFN2OS. The van der Waals surface area contributed by atoms with Gasteiger partial charge in [0.1, 0.15) is 11.6 Å². The number of hydrogen-bond acceptors (Lipinski definition) is 3.